The molecule has 4 aromatic rings. The molecule has 0 bridgehead atoms. The van der Waals surface area contributed by atoms with E-state index in [9.17, 15) is 4.79 Å². The van der Waals surface area contributed by atoms with Crippen molar-refractivity contribution >= 4 is 23.5 Å². The molecule has 0 fully saturated rings. The van der Waals surface area contributed by atoms with Crippen molar-refractivity contribution in [3.63, 3.8) is 0 Å². The second kappa shape index (κ2) is 7.13. The van der Waals surface area contributed by atoms with Gasteiger partial charge in [0.2, 0.25) is 11.8 Å². The molecule has 3 heterocycles. The van der Waals surface area contributed by atoms with Crippen molar-refractivity contribution in [3.05, 3.63) is 76.9 Å². The molecule has 0 amide bonds. The van der Waals surface area contributed by atoms with E-state index in [0.717, 1.165) is 5.76 Å². The predicted molar refractivity (Wildman–Crippen MR) is 99.7 cm³/mol. The summed E-state index contributed by atoms with van der Waals surface area (Å²) < 4.78 is 12.1. The Bertz CT molecular complexity index is 1080. The summed E-state index contributed by atoms with van der Waals surface area (Å²) in [6.45, 7) is 2.21. The molecule has 4 rings (SSSR count). The van der Waals surface area contributed by atoms with Gasteiger partial charge in [0, 0.05) is 0 Å². The summed E-state index contributed by atoms with van der Waals surface area (Å²) in [7, 11) is 0. The lowest BCUT2D eigenvalue weighted by Crippen LogP contribution is -2.17. The number of carbonyl (C=O) groups is 1. The van der Waals surface area contributed by atoms with Crippen molar-refractivity contribution < 1.29 is 13.6 Å². The molecule has 0 atom stereocenters. The summed E-state index contributed by atoms with van der Waals surface area (Å²) >= 11 is 6.17. The molecule has 3 aromatic heterocycles. The number of benzene rings is 1. The highest BCUT2D eigenvalue weighted by Gasteiger charge is 2.21. The van der Waals surface area contributed by atoms with Crippen molar-refractivity contribution in [1.29, 1.82) is 0 Å². The Morgan fingerprint density at radius 2 is 2.04 bits per heavy atom. The second-order valence-electron chi connectivity index (χ2n) is 5.80. The zero-order valence-electron chi connectivity index (χ0n) is 14.3. The van der Waals surface area contributed by atoms with Crippen molar-refractivity contribution in [2.45, 2.75) is 13.5 Å². The molecule has 0 saturated carbocycles. The lowest BCUT2D eigenvalue weighted by atomic mass is 10.2. The zero-order valence-corrected chi connectivity index (χ0v) is 15.1. The molecule has 0 aliphatic heterocycles. The molecular weight excluding hydrogens is 368 g/mol. The van der Waals surface area contributed by atoms with Gasteiger partial charge in [-0.1, -0.05) is 23.7 Å². The summed E-state index contributed by atoms with van der Waals surface area (Å²) in [6.07, 6.45) is 1.52. The van der Waals surface area contributed by atoms with E-state index in [-0.39, 0.29) is 5.95 Å². The predicted octanol–water partition coefficient (Wildman–Crippen LogP) is 4.39. The van der Waals surface area contributed by atoms with Crippen molar-refractivity contribution in [3.8, 4) is 11.6 Å². The lowest BCUT2D eigenvalue weighted by Gasteiger charge is -2.07. The number of furan rings is 2. The van der Waals surface area contributed by atoms with Crippen LogP contribution in [0, 0.1) is 6.92 Å². The van der Waals surface area contributed by atoms with Crippen LogP contribution >= 0.6 is 11.6 Å². The van der Waals surface area contributed by atoms with Crippen LogP contribution in [0.3, 0.4) is 0 Å². The molecule has 1 aromatic carbocycles. The summed E-state index contributed by atoms with van der Waals surface area (Å²) in [5.41, 5.74) is 0.326. The number of carbonyl (C=O) groups excluding carboxylic acids is 1. The molecule has 0 radical (unpaired) electrons. The van der Waals surface area contributed by atoms with E-state index in [2.05, 4.69) is 15.4 Å². The van der Waals surface area contributed by atoms with Crippen LogP contribution in [0.5, 0.6) is 0 Å². The molecule has 0 spiro atoms. The van der Waals surface area contributed by atoms with Gasteiger partial charge in [-0.05, 0) is 43.3 Å². The monoisotopic (exact) mass is 382 g/mol. The third-order valence-corrected chi connectivity index (χ3v) is 4.19. The maximum atomic E-state index is 13.0. The van der Waals surface area contributed by atoms with E-state index in [4.69, 9.17) is 20.4 Å². The first-order chi connectivity index (χ1) is 13.1. The van der Waals surface area contributed by atoms with Gasteiger partial charge in [-0.25, -0.2) is 0 Å². The number of hydrogen-bond acceptors (Lipinski definition) is 6. The van der Waals surface area contributed by atoms with Crippen LogP contribution in [0.4, 0.5) is 5.95 Å². The Hall–Kier alpha value is -3.32. The minimum atomic E-state index is -0.399. The maximum absolute atomic E-state index is 13.0. The largest absolute Gasteiger partial charge is 0.465 e. The minimum Gasteiger partial charge on any atom is -0.465 e. The summed E-state index contributed by atoms with van der Waals surface area (Å²) in [4.78, 5) is 17.4. The Morgan fingerprint density at radius 1 is 1.19 bits per heavy atom. The summed E-state index contributed by atoms with van der Waals surface area (Å²) in [5, 5.41) is 7.72. The minimum absolute atomic E-state index is 0.264. The number of nitrogens with zero attached hydrogens (tertiary/aromatic N) is 3. The number of halogens is 1. The summed E-state index contributed by atoms with van der Waals surface area (Å²) in [6, 6.07) is 14.0. The van der Waals surface area contributed by atoms with Crippen LogP contribution in [-0.4, -0.2) is 20.7 Å². The quantitative estimate of drug-likeness (QED) is 0.550. The van der Waals surface area contributed by atoms with Crippen LogP contribution in [0.15, 0.2) is 63.6 Å². The van der Waals surface area contributed by atoms with Crippen LogP contribution in [0.1, 0.15) is 21.9 Å². The Labute approximate surface area is 159 Å². The number of anilines is 1. The fourth-order valence-electron chi connectivity index (χ4n) is 2.57. The van der Waals surface area contributed by atoms with E-state index in [1.807, 2.05) is 19.1 Å². The number of aromatic nitrogens is 3. The molecule has 8 heteroatoms. The normalized spacial score (nSPS) is 10.9. The highest BCUT2D eigenvalue weighted by atomic mass is 35.5. The highest BCUT2D eigenvalue weighted by molar-refractivity contribution is 6.33. The fourth-order valence-corrected chi connectivity index (χ4v) is 2.79. The van der Waals surface area contributed by atoms with E-state index in [1.165, 1.54) is 10.9 Å². The van der Waals surface area contributed by atoms with Gasteiger partial charge in [0.15, 0.2) is 5.76 Å². The van der Waals surface area contributed by atoms with Crippen molar-refractivity contribution in [2.24, 2.45) is 0 Å². The fraction of sp³-hybridized carbons (Fsp3) is 0.105. The number of rotatable bonds is 5. The first-order valence-corrected chi connectivity index (χ1v) is 8.59. The Kier molecular flexibility index (Phi) is 4.52. The molecule has 136 valence electrons. The van der Waals surface area contributed by atoms with Crippen molar-refractivity contribution in [1.82, 2.24) is 14.8 Å². The Morgan fingerprint density at radius 3 is 2.74 bits per heavy atom. The first kappa shape index (κ1) is 17.1. The van der Waals surface area contributed by atoms with Gasteiger partial charge >= 0.3 is 0 Å². The lowest BCUT2D eigenvalue weighted by molar-refractivity contribution is 0.0947. The number of hydrogen-bond donors (Lipinski definition) is 1. The first-order valence-electron chi connectivity index (χ1n) is 8.21. The standard InChI is InChI=1S/C19H15ClN4O3/c1-12-8-9-13(27-12)11-21-19-22-17(16-7-4-10-26-16)23-24(19)18(25)14-5-2-3-6-15(14)20/h2-10H,11H2,1H3,(H,21,22,23). The molecule has 0 saturated heterocycles. The van der Waals surface area contributed by atoms with Gasteiger partial charge in [0.25, 0.3) is 5.91 Å². The summed E-state index contributed by atoms with van der Waals surface area (Å²) in [5.74, 6) is 2.13. The topological polar surface area (TPSA) is 86.1 Å². The van der Waals surface area contributed by atoms with Crippen LogP contribution < -0.4 is 5.32 Å². The van der Waals surface area contributed by atoms with E-state index < -0.39 is 5.91 Å². The number of nitrogens with one attached hydrogen (secondary N) is 1. The number of aryl methyl sites for hydroxylation is 1. The second-order valence-corrected chi connectivity index (χ2v) is 6.21. The van der Waals surface area contributed by atoms with Crippen LogP contribution in [0.25, 0.3) is 11.6 Å². The third kappa shape index (κ3) is 3.50. The third-order valence-electron chi connectivity index (χ3n) is 3.86. The molecule has 7 nitrogen and oxygen atoms in total. The molecule has 27 heavy (non-hydrogen) atoms. The van der Waals surface area contributed by atoms with E-state index in [0.29, 0.717) is 34.5 Å². The van der Waals surface area contributed by atoms with Gasteiger partial charge in [-0.3, -0.25) is 4.79 Å². The average molecular weight is 383 g/mol. The van der Waals surface area contributed by atoms with Crippen molar-refractivity contribution in [2.75, 3.05) is 5.32 Å². The van der Waals surface area contributed by atoms with Gasteiger partial charge in [0.05, 0.1) is 23.4 Å². The zero-order chi connectivity index (χ0) is 18.8. The van der Waals surface area contributed by atoms with E-state index in [1.54, 1.807) is 36.4 Å². The average Bonchev–Trinajstić information content (AvgIpc) is 3.40. The smallest absolute Gasteiger partial charge is 0.282 e. The SMILES string of the molecule is Cc1ccc(CNc2nc(-c3ccco3)nn2C(=O)c2ccccc2Cl)o1. The molecular formula is C19H15ClN4O3. The highest BCUT2D eigenvalue weighted by Crippen LogP contribution is 2.22. The van der Waals surface area contributed by atoms with E-state index >= 15 is 0 Å². The van der Waals surface area contributed by atoms with Gasteiger partial charge in [0.1, 0.15) is 11.5 Å². The van der Waals surface area contributed by atoms with Gasteiger partial charge < -0.3 is 14.2 Å². The maximum Gasteiger partial charge on any atom is 0.282 e. The molecule has 0 aliphatic rings. The molecule has 0 unspecified atom stereocenters. The van der Waals surface area contributed by atoms with Gasteiger partial charge in [-0.15, -0.1) is 5.10 Å². The van der Waals surface area contributed by atoms with Crippen LogP contribution in [-0.2, 0) is 6.54 Å². The molecule has 1 N–H and O–H groups in total. The van der Waals surface area contributed by atoms with Crippen LogP contribution in [0.2, 0.25) is 5.02 Å². The van der Waals surface area contributed by atoms with Gasteiger partial charge in [-0.2, -0.15) is 9.67 Å². The Balaban J connectivity index is 1.70. The molecule has 0 aliphatic carbocycles.